The van der Waals surface area contributed by atoms with Gasteiger partial charge in [-0.05, 0) is 48.2 Å². The quantitative estimate of drug-likeness (QED) is 0.116. The van der Waals surface area contributed by atoms with Crippen molar-refractivity contribution < 1.29 is 28.6 Å². The molecule has 6 rings (SSSR count). The highest BCUT2D eigenvalue weighted by Crippen LogP contribution is 2.13. The number of H-pyrrole nitrogens is 1. The second-order valence-electron chi connectivity index (χ2n) is 9.68. The third-order valence-corrected chi connectivity index (χ3v) is 6.04. The number of nitrogens with zero attached hydrogens (tertiary/aromatic N) is 7. The van der Waals surface area contributed by atoms with E-state index >= 15 is 0 Å². The van der Waals surface area contributed by atoms with Gasteiger partial charge in [0.05, 0.1) is 54.8 Å². The molecule has 51 heavy (non-hydrogen) atoms. The fourth-order valence-corrected chi connectivity index (χ4v) is 3.63. The number of rotatable bonds is 11. The van der Waals surface area contributed by atoms with Crippen molar-refractivity contribution in [1.82, 2.24) is 39.9 Å². The Kier molecular flexibility index (Phi) is 16.2. The van der Waals surface area contributed by atoms with E-state index < -0.39 is 0 Å². The molecule has 2 N–H and O–H groups in total. The van der Waals surface area contributed by atoms with Gasteiger partial charge in [0.25, 0.3) is 0 Å². The minimum atomic E-state index is 0.451. The van der Waals surface area contributed by atoms with E-state index in [2.05, 4.69) is 63.6 Å². The van der Waals surface area contributed by atoms with Gasteiger partial charge in [-0.2, -0.15) is 10.2 Å². The average molecular weight is 686 g/mol. The fraction of sp³-hybridized carbons (Fsp3) is 0.167. The molecule has 0 aliphatic carbocycles. The van der Waals surface area contributed by atoms with Crippen LogP contribution in [0, 0.1) is 23.7 Å². The van der Waals surface area contributed by atoms with Crippen LogP contribution < -0.4 is 14.1 Å². The van der Waals surface area contributed by atoms with Crippen LogP contribution >= 0.6 is 0 Å². The first-order valence-corrected chi connectivity index (χ1v) is 15.3. The van der Waals surface area contributed by atoms with Crippen LogP contribution in [0.3, 0.4) is 0 Å². The largest absolute Gasteiger partial charge is 0.569 e. The Hall–Kier alpha value is -6.52. The van der Waals surface area contributed by atoms with Crippen molar-refractivity contribution in [3.05, 3.63) is 133 Å². The highest BCUT2D eigenvalue weighted by molar-refractivity contribution is 6.17. The molecule has 0 saturated heterocycles. The summed E-state index contributed by atoms with van der Waals surface area (Å²) in [5.41, 5.74) is 4.00. The smallest absolute Gasteiger partial charge is 0.536 e. The lowest BCUT2D eigenvalue weighted by Crippen LogP contribution is -2.05. The number of aromatic amines is 1. The first kappa shape index (κ1) is 37.3. The Morgan fingerprint density at radius 1 is 0.686 bits per heavy atom. The van der Waals surface area contributed by atoms with Crippen molar-refractivity contribution in [2.75, 3.05) is 40.6 Å². The molecule has 15 heteroatoms. The van der Waals surface area contributed by atoms with E-state index in [1.807, 2.05) is 48.7 Å². The van der Waals surface area contributed by atoms with Gasteiger partial charge >= 0.3 is 7.69 Å². The maximum Gasteiger partial charge on any atom is 0.569 e. The Morgan fingerprint density at radius 3 is 1.84 bits per heavy atom. The summed E-state index contributed by atoms with van der Waals surface area (Å²) in [6.07, 6.45) is 13.6. The van der Waals surface area contributed by atoms with Gasteiger partial charge in [-0.25, -0.2) is 24.6 Å². The number of hydrogen-bond acceptors (Lipinski definition) is 12. The summed E-state index contributed by atoms with van der Waals surface area (Å²) in [4.78, 5) is 16.4. The molecule has 0 amide bonds. The fourth-order valence-electron chi connectivity index (χ4n) is 3.63. The highest BCUT2D eigenvalue weighted by atomic mass is 16.5. The van der Waals surface area contributed by atoms with Crippen molar-refractivity contribution in [2.45, 2.75) is 0 Å². The molecule has 0 atom stereocenters. The second-order valence-corrected chi connectivity index (χ2v) is 9.68. The summed E-state index contributed by atoms with van der Waals surface area (Å²) in [5, 5.41) is 19.1. The zero-order chi connectivity index (χ0) is 35.8. The van der Waals surface area contributed by atoms with Crippen molar-refractivity contribution >= 4 is 7.69 Å². The molecule has 1 radical (unpaired) electrons. The molecule has 6 aromatic rings. The molecule has 0 unspecified atom stereocenters. The lowest BCUT2D eigenvalue weighted by atomic mass is 10.3. The van der Waals surface area contributed by atoms with E-state index in [-0.39, 0.29) is 0 Å². The molecule has 6 aromatic heterocycles. The number of pyridine rings is 4. The second kappa shape index (κ2) is 22.2. The van der Waals surface area contributed by atoms with E-state index in [0.29, 0.717) is 51.6 Å². The Morgan fingerprint density at radius 2 is 1.33 bits per heavy atom. The standard InChI is InChI=1S/C18H16N4O2.C10H7N3.C8H11BNO4/c1-23-10-11-24-18-8-7-17(13-20-18)22-14-15(12-21-22)5-6-16-4-2-3-9-19-16;1-2-6-11-10(3-1)5-4-9-7-12-13-8-9;1-12-4-5-13-8-3-2-7(6-10-8)14-9-11/h2-4,7-9,12-14H,10-11H2,1H3;1-3,6-8H,(H,12,13);2-3,6,11H,4-5H2,1H3. The first-order valence-electron chi connectivity index (χ1n) is 15.3. The highest BCUT2D eigenvalue weighted by Gasteiger charge is 2.02. The van der Waals surface area contributed by atoms with E-state index in [9.17, 15) is 0 Å². The molecule has 257 valence electrons. The molecular weight excluding hydrogens is 651 g/mol. The summed E-state index contributed by atoms with van der Waals surface area (Å²) in [6.45, 7) is 1.97. The first-order chi connectivity index (χ1) is 25.2. The lowest BCUT2D eigenvalue weighted by molar-refractivity contribution is 0.143. The Labute approximate surface area is 296 Å². The zero-order valence-corrected chi connectivity index (χ0v) is 27.9. The van der Waals surface area contributed by atoms with Crippen LogP contribution in [0.4, 0.5) is 0 Å². The molecular formula is C36H34BN8O6. The maximum atomic E-state index is 8.34. The minimum absolute atomic E-state index is 0.451. The molecule has 6 heterocycles. The number of hydrogen-bond donors (Lipinski definition) is 2. The Balaban J connectivity index is 0.000000185. The summed E-state index contributed by atoms with van der Waals surface area (Å²) in [6, 6.07) is 18.2. The van der Waals surface area contributed by atoms with Gasteiger partial charge in [0.2, 0.25) is 11.8 Å². The van der Waals surface area contributed by atoms with E-state index in [1.54, 1.807) is 74.3 Å². The minimum Gasteiger partial charge on any atom is -0.536 e. The van der Waals surface area contributed by atoms with Gasteiger partial charge in [0, 0.05) is 51.1 Å². The van der Waals surface area contributed by atoms with Gasteiger partial charge in [0.15, 0.2) is 0 Å². The predicted octanol–water partition coefficient (Wildman–Crippen LogP) is 3.30. The molecule has 14 nitrogen and oxygen atoms in total. The van der Waals surface area contributed by atoms with E-state index in [1.165, 1.54) is 6.20 Å². The normalized spacial score (nSPS) is 9.63. The predicted molar refractivity (Wildman–Crippen MR) is 188 cm³/mol. The molecule has 0 aliphatic rings. The van der Waals surface area contributed by atoms with E-state index in [4.69, 9.17) is 24.0 Å². The summed E-state index contributed by atoms with van der Waals surface area (Å²) in [7, 11) is 3.83. The third kappa shape index (κ3) is 14.2. The summed E-state index contributed by atoms with van der Waals surface area (Å²) < 4.78 is 26.8. The van der Waals surface area contributed by atoms with Crippen LogP contribution in [-0.2, 0) is 9.47 Å². The van der Waals surface area contributed by atoms with Crippen molar-refractivity contribution in [1.29, 1.82) is 0 Å². The van der Waals surface area contributed by atoms with Crippen LogP contribution in [0.5, 0.6) is 17.5 Å². The molecule has 0 aliphatic heterocycles. The van der Waals surface area contributed by atoms with Gasteiger partial charge in [-0.1, -0.05) is 24.0 Å². The number of aromatic nitrogens is 8. The molecule has 0 fully saturated rings. The SMILES string of the molecule is C(#Cc1ccccn1)c1cn[nH]c1.COCCOc1ccc(-n2cc(C#Cc3ccccn3)cn2)cn1.COCCOc1ccc(O[B]O)cn1. The topological polar surface area (TPSA) is 164 Å². The third-order valence-electron chi connectivity index (χ3n) is 6.04. The summed E-state index contributed by atoms with van der Waals surface area (Å²) >= 11 is 0. The van der Waals surface area contributed by atoms with Gasteiger partial charge < -0.3 is 28.6 Å². The molecule has 0 spiro atoms. The van der Waals surface area contributed by atoms with Crippen molar-refractivity contribution in [3.8, 4) is 46.9 Å². The van der Waals surface area contributed by atoms with Gasteiger partial charge in [-0.3, -0.25) is 5.10 Å². The van der Waals surface area contributed by atoms with Crippen LogP contribution in [0.1, 0.15) is 22.5 Å². The Bertz CT molecular complexity index is 1940. The lowest BCUT2D eigenvalue weighted by Gasteiger charge is -2.05. The monoisotopic (exact) mass is 685 g/mol. The number of nitrogens with one attached hydrogen (secondary N) is 1. The molecule has 0 bridgehead atoms. The van der Waals surface area contributed by atoms with Crippen LogP contribution in [0.25, 0.3) is 5.69 Å². The van der Waals surface area contributed by atoms with Crippen LogP contribution in [-0.4, -0.2) is 93.3 Å². The van der Waals surface area contributed by atoms with Crippen LogP contribution in [0.15, 0.2) is 110 Å². The van der Waals surface area contributed by atoms with Gasteiger partial charge in [0.1, 0.15) is 30.4 Å². The zero-order valence-electron chi connectivity index (χ0n) is 27.9. The van der Waals surface area contributed by atoms with Crippen LogP contribution in [0.2, 0.25) is 0 Å². The van der Waals surface area contributed by atoms with Crippen molar-refractivity contribution in [2.24, 2.45) is 0 Å². The van der Waals surface area contributed by atoms with Gasteiger partial charge in [-0.15, -0.1) is 0 Å². The number of ether oxygens (including phenoxy) is 4. The summed E-state index contributed by atoms with van der Waals surface area (Å²) in [5.74, 6) is 13.4. The average Bonchev–Trinajstić information content (AvgIpc) is 3.89. The maximum absolute atomic E-state index is 8.34. The molecule has 0 aromatic carbocycles. The number of methoxy groups -OCH3 is 2. The van der Waals surface area contributed by atoms with Crippen molar-refractivity contribution in [3.63, 3.8) is 0 Å². The van der Waals surface area contributed by atoms with E-state index in [0.717, 1.165) is 28.2 Å². The molecule has 0 saturated carbocycles.